The maximum atomic E-state index is 12.2. The Balaban J connectivity index is 1.99. The average Bonchev–Trinajstić information content (AvgIpc) is 2.71. The Morgan fingerprint density at radius 2 is 1.90 bits per heavy atom. The number of hydrogen-bond acceptors (Lipinski definition) is 3. The van der Waals surface area contributed by atoms with Crippen molar-refractivity contribution in [2.24, 2.45) is 0 Å². The van der Waals surface area contributed by atoms with Crippen LogP contribution >= 0.6 is 23.2 Å². The molecule has 0 spiro atoms. The molecule has 0 bridgehead atoms. The lowest BCUT2D eigenvalue weighted by Crippen LogP contribution is -1.98. The van der Waals surface area contributed by atoms with Gasteiger partial charge in [-0.25, -0.2) is 0 Å². The molecule has 3 rings (SSSR count). The van der Waals surface area contributed by atoms with Crippen LogP contribution in [0.5, 0.6) is 11.5 Å². The molecular formula is C15H8Cl2O3. The molecule has 0 saturated heterocycles. The number of Topliss-reactive ketones (excluding diaryl/α,β-unsaturated/α-hetero) is 1. The van der Waals surface area contributed by atoms with Crippen molar-refractivity contribution >= 4 is 35.1 Å². The Hall–Kier alpha value is -1.97. The molecule has 0 atom stereocenters. The van der Waals surface area contributed by atoms with E-state index in [4.69, 9.17) is 27.9 Å². The first kappa shape index (κ1) is 13.0. The number of ether oxygens (including phenoxy) is 1. The van der Waals surface area contributed by atoms with Crippen LogP contribution in [0.2, 0.25) is 10.0 Å². The molecule has 5 heteroatoms. The number of aromatic hydroxyl groups is 1. The number of carbonyl (C=O) groups excluding carboxylic acids is 1. The van der Waals surface area contributed by atoms with Crippen LogP contribution in [0.1, 0.15) is 15.9 Å². The molecular weight excluding hydrogens is 299 g/mol. The summed E-state index contributed by atoms with van der Waals surface area (Å²) < 4.78 is 5.50. The molecule has 0 amide bonds. The molecule has 1 aliphatic rings. The van der Waals surface area contributed by atoms with Crippen LogP contribution in [0.4, 0.5) is 0 Å². The van der Waals surface area contributed by atoms with E-state index in [0.717, 1.165) is 0 Å². The van der Waals surface area contributed by atoms with E-state index >= 15 is 0 Å². The summed E-state index contributed by atoms with van der Waals surface area (Å²) in [5.41, 5.74) is 1.10. The van der Waals surface area contributed by atoms with Crippen molar-refractivity contribution in [3.8, 4) is 11.5 Å². The van der Waals surface area contributed by atoms with Crippen LogP contribution in [0.25, 0.3) is 6.08 Å². The summed E-state index contributed by atoms with van der Waals surface area (Å²) in [5, 5.41) is 10.1. The Bertz CT molecular complexity index is 751. The fraction of sp³-hybridized carbons (Fsp3) is 0. The quantitative estimate of drug-likeness (QED) is 0.798. The van der Waals surface area contributed by atoms with E-state index in [0.29, 0.717) is 21.9 Å². The molecule has 0 fully saturated rings. The van der Waals surface area contributed by atoms with E-state index in [9.17, 15) is 9.90 Å². The number of carbonyl (C=O) groups is 1. The summed E-state index contributed by atoms with van der Waals surface area (Å²) in [4.78, 5) is 12.2. The Kier molecular flexibility index (Phi) is 3.16. The Morgan fingerprint density at radius 1 is 1.10 bits per heavy atom. The Labute approximate surface area is 125 Å². The zero-order chi connectivity index (χ0) is 14.3. The number of phenols is 1. The minimum atomic E-state index is -0.230. The molecule has 100 valence electrons. The molecule has 0 radical (unpaired) electrons. The third kappa shape index (κ3) is 2.26. The van der Waals surface area contributed by atoms with Crippen LogP contribution < -0.4 is 4.74 Å². The highest BCUT2D eigenvalue weighted by Crippen LogP contribution is 2.34. The number of fused-ring (bicyclic) bond motifs is 1. The second-order valence-corrected chi connectivity index (χ2v) is 5.13. The van der Waals surface area contributed by atoms with Crippen molar-refractivity contribution in [1.29, 1.82) is 0 Å². The second-order valence-electron chi connectivity index (χ2n) is 4.29. The first-order valence-corrected chi connectivity index (χ1v) is 6.52. The number of rotatable bonds is 1. The van der Waals surface area contributed by atoms with Crippen molar-refractivity contribution in [3.63, 3.8) is 0 Å². The largest absolute Gasteiger partial charge is 0.506 e. The van der Waals surface area contributed by atoms with Crippen molar-refractivity contribution in [2.75, 3.05) is 0 Å². The summed E-state index contributed by atoms with van der Waals surface area (Å²) in [6.07, 6.45) is 1.57. The number of benzene rings is 2. The summed E-state index contributed by atoms with van der Waals surface area (Å²) in [6, 6.07) is 9.54. The molecule has 1 aliphatic heterocycles. The van der Waals surface area contributed by atoms with Crippen LogP contribution in [-0.2, 0) is 0 Å². The standard InChI is InChI=1S/C15H8Cl2O3/c16-9-2-4-13-10(7-9)15(19)14(20-13)6-8-1-3-12(18)11(17)5-8/h1-7,18H. The van der Waals surface area contributed by atoms with E-state index in [1.165, 1.54) is 6.07 Å². The summed E-state index contributed by atoms with van der Waals surface area (Å²) in [5.74, 6) is 0.439. The van der Waals surface area contributed by atoms with Gasteiger partial charge < -0.3 is 9.84 Å². The monoisotopic (exact) mass is 306 g/mol. The zero-order valence-corrected chi connectivity index (χ0v) is 11.6. The van der Waals surface area contributed by atoms with Crippen LogP contribution in [0.3, 0.4) is 0 Å². The maximum absolute atomic E-state index is 12.2. The SMILES string of the molecule is O=C1C(=Cc2ccc(O)c(Cl)c2)Oc2ccc(Cl)cc21. The first-order chi connectivity index (χ1) is 9.54. The number of allylic oxidation sites excluding steroid dienone is 1. The molecule has 0 aliphatic carbocycles. The molecule has 2 aromatic rings. The summed E-state index contributed by atoms with van der Waals surface area (Å²) in [7, 11) is 0. The molecule has 1 heterocycles. The van der Waals surface area contributed by atoms with Gasteiger partial charge in [0, 0.05) is 5.02 Å². The van der Waals surface area contributed by atoms with Crippen molar-refractivity contribution in [1.82, 2.24) is 0 Å². The summed E-state index contributed by atoms with van der Waals surface area (Å²) in [6.45, 7) is 0. The van der Waals surface area contributed by atoms with Crippen molar-refractivity contribution < 1.29 is 14.6 Å². The molecule has 3 nitrogen and oxygen atoms in total. The van der Waals surface area contributed by atoms with Crippen LogP contribution in [0.15, 0.2) is 42.2 Å². The lowest BCUT2D eigenvalue weighted by Gasteiger charge is -2.00. The third-order valence-electron chi connectivity index (χ3n) is 2.90. The minimum absolute atomic E-state index is 0.0115. The smallest absolute Gasteiger partial charge is 0.232 e. The fourth-order valence-corrected chi connectivity index (χ4v) is 2.29. The normalized spacial score (nSPS) is 15.3. The average molecular weight is 307 g/mol. The van der Waals surface area contributed by atoms with Crippen LogP contribution in [-0.4, -0.2) is 10.9 Å². The predicted octanol–water partition coefficient (Wildman–Crippen LogP) is 4.32. The van der Waals surface area contributed by atoms with Gasteiger partial charge in [-0.15, -0.1) is 0 Å². The van der Waals surface area contributed by atoms with Gasteiger partial charge in [0.15, 0.2) is 5.76 Å². The predicted molar refractivity (Wildman–Crippen MR) is 77.5 cm³/mol. The fourth-order valence-electron chi connectivity index (χ4n) is 1.93. The highest BCUT2D eigenvalue weighted by atomic mass is 35.5. The van der Waals surface area contributed by atoms with E-state index in [-0.39, 0.29) is 22.3 Å². The number of halogens is 2. The van der Waals surface area contributed by atoms with E-state index in [1.807, 2.05) is 0 Å². The second kappa shape index (κ2) is 4.85. The highest BCUT2D eigenvalue weighted by molar-refractivity contribution is 6.32. The Morgan fingerprint density at radius 3 is 2.65 bits per heavy atom. The van der Waals surface area contributed by atoms with Crippen LogP contribution in [0, 0.1) is 0 Å². The van der Waals surface area contributed by atoms with Gasteiger partial charge in [0.1, 0.15) is 11.5 Å². The first-order valence-electron chi connectivity index (χ1n) is 5.77. The summed E-state index contributed by atoms with van der Waals surface area (Å²) >= 11 is 11.7. The number of hydrogen-bond donors (Lipinski definition) is 1. The van der Waals surface area contributed by atoms with E-state index in [1.54, 1.807) is 36.4 Å². The number of ketones is 1. The molecule has 2 aromatic carbocycles. The molecule has 20 heavy (non-hydrogen) atoms. The highest BCUT2D eigenvalue weighted by Gasteiger charge is 2.27. The maximum Gasteiger partial charge on any atom is 0.232 e. The molecule has 0 unspecified atom stereocenters. The van der Waals surface area contributed by atoms with Gasteiger partial charge in [-0.3, -0.25) is 4.79 Å². The van der Waals surface area contributed by atoms with E-state index in [2.05, 4.69) is 0 Å². The third-order valence-corrected chi connectivity index (χ3v) is 3.44. The van der Waals surface area contributed by atoms with Gasteiger partial charge >= 0.3 is 0 Å². The molecule has 1 N–H and O–H groups in total. The van der Waals surface area contributed by atoms with Gasteiger partial charge in [0.25, 0.3) is 0 Å². The number of phenolic OH excluding ortho intramolecular Hbond substituents is 1. The zero-order valence-electron chi connectivity index (χ0n) is 10.1. The minimum Gasteiger partial charge on any atom is -0.506 e. The van der Waals surface area contributed by atoms with Gasteiger partial charge in [0.05, 0.1) is 10.6 Å². The lowest BCUT2D eigenvalue weighted by molar-refractivity contribution is 0.101. The van der Waals surface area contributed by atoms with Crippen molar-refractivity contribution in [3.05, 3.63) is 63.3 Å². The van der Waals surface area contributed by atoms with Gasteiger partial charge in [-0.05, 0) is 42.0 Å². The van der Waals surface area contributed by atoms with Crippen molar-refractivity contribution in [2.45, 2.75) is 0 Å². The molecule has 0 aromatic heterocycles. The van der Waals surface area contributed by atoms with E-state index < -0.39 is 0 Å². The molecule has 0 saturated carbocycles. The lowest BCUT2D eigenvalue weighted by atomic mass is 10.1. The van der Waals surface area contributed by atoms with Gasteiger partial charge in [-0.1, -0.05) is 29.3 Å². The topological polar surface area (TPSA) is 46.5 Å². The van der Waals surface area contributed by atoms with Gasteiger partial charge in [-0.2, -0.15) is 0 Å². The van der Waals surface area contributed by atoms with Gasteiger partial charge in [0.2, 0.25) is 5.78 Å².